The van der Waals surface area contributed by atoms with Crippen LogP contribution in [0.4, 0.5) is 0 Å². The average molecular weight is 311 g/mol. The Kier molecular flexibility index (Phi) is 4.19. The minimum absolute atomic E-state index is 0.00239. The van der Waals surface area contributed by atoms with Gasteiger partial charge in [-0.15, -0.1) is 0 Å². The van der Waals surface area contributed by atoms with Crippen LogP contribution in [-0.4, -0.2) is 52.9 Å². The van der Waals surface area contributed by atoms with Crippen LogP contribution in [0.1, 0.15) is 23.2 Å². The van der Waals surface area contributed by atoms with Gasteiger partial charge in [0.2, 0.25) is 5.91 Å². The molecule has 0 aliphatic carbocycles. The molecule has 2 aromatic rings. The lowest BCUT2D eigenvalue weighted by molar-refractivity contribution is -0.132. The highest BCUT2D eigenvalue weighted by Gasteiger charge is 2.35. The smallest absolute Gasteiger partial charge is 0.254 e. The summed E-state index contributed by atoms with van der Waals surface area (Å²) < 4.78 is 1.96. The Balaban J connectivity index is 1.85. The molecule has 2 heterocycles. The molecule has 1 fully saturated rings. The number of likely N-dealkylation sites (tertiary alicyclic amines) is 1. The Morgan fingerprint density at radius 1 is 1.13 bits per heavy atom. The molecule has 0 spiro atoms. The molecule has 0 N–H and O–H groups in total. The van der Waals surface area contributed by atoms with Crippen molar-refractivity contribution in [1.29, 1.82) is 0 Å². The van der Waals surface area contributed by atoms with Crippen LogP contribution in [0.2, 0.25) is 0 Å². The monoisotopic (exact) mass is 311 g/mol. The third-order valence-electron chi connectivity index (χ3n) is 4.24. The molecule has 1 aromatic heterocycles. The summed E-state index contributed by atoms with van der Waals surface area (Å²) in [6.45, 7) is 0.636. The molecule has 3 rings (SSSR count). The molecule has 1 atom stereocenters. The maximum atomic E-state index is 12.9. The van der Waals surface area contributed by atoms with Crippen LogP contribution in [0.5, 0.6) is 0 Å². The van der Waals surface area contributed by atoms with Gasteiger partial charge in [0.15, 0.2) is 0 Å². The number of hydrogen-bond donors (Lipinski definition) is 0. The molecule has 2 amide bonds. The Bertz CT molecular complexity index is 707. The summed E-state index contributed by atoms with van der Waals surface area (Å²) in [6.07, 6.45) is 5.49. The summed E-state index contributed by atoms with van der Waals surface area (Å²) in [5, 5.41) is 0. The van der Waals surface area contributed by atoms with Gasteiger partial charge in [0.1, 0.15) is 6.04 Å². The van der Waals surface area contributed by atoms with E-state index < -0.39 is 0 Å². The first kappa shape index (κ1) is 15.3. The molecule has 0 bridgehead atoms. The summed E-state index contributed by atoms with van der Waals surface area (Å²) in [5.41, 5.74) is 1.56. The number of nitrogens with zero attached hydrogens (tertiary/aromatic N) is 3. The van der Waals surface area contributed by atoms with E-state index >= 15 is 0 Å². The number of hydrogen-bond acceptors (Lipinski definition) is 2. The summed E-state index contributed by atoms with van der Waals surface area (Å²) in [5.74, 6) is -0.0749. The predicted octanol–water partition coefficient (Wildman–Crippen LogP) is 2.17. The highest BCUT2D eigenvalue weighted by atomic mass is 16.2. The summed E-state index contributed by atoms with van der Waals surface area (Å²) in [7, 11) is 3.46. The van der Waals surface area contributed by atoms with E-state index in [0.717, 1.165) is 18.5 Å². The fraction of sp³-hybridized carbons (Fsp3) is 0.333. The normalized spacial score (nSPS) is 17.3. The fourth-order valence-electron chi connectivity index (χ4n) is 3.04. The van der Waals surface area contributed by atoms with Crippen molar-refractivity contribution in [3.63, 3.8) is 0 Å². The topological polar surface area (TPSA) is 45.6 Å². The highest BCUT2D eigenvalue weighted by molar-refractivity contribution is 5.98. The largest absolute Gasteiger partial charge is 0.347 e. The van der Waals surface area contributed by atoms with Gasteiger partial charge >= 0.3 is 0 Å². The van der Waals surface area contributed by atoms with Gasteiger partial charge in [0.25, 0.3) is 5.91 Å². The molecule has 0 radical (unpaired) electrons. The number of rotatable bonds is 3. The van der Waals surface area contributed by atoms with Crippen molar-refractivity contribution in [3.8, 4) is 5.69 Å². The van der Waals surface area contributed by atoms with Crippen molar-refractivity contribution in [2.24, 2.45) is 0 Å². The fourth-order valence-corrected chi connectivity index (χ4v) is 3.04. The SMILES string of the molecule is CN(C)C(=O)C1CCCN1C(=O)c1cccc(-n2cccc2)c1. The Labute approximate surface area is 136 Å². The van der Waals surface area contributed by atoms with Crippen molar-refractivity contribution in [2.45, 2.75) is 18.9 Å². The van der Waals surface area contributed by atoms with Crippen molar-refractivity contribution in [3.05, 3.63) is 54.4 Å². The quantitative estimate of drug-likeness (QED) is 0.872. The van der Waals surface area contributed by atoms with Crippen LogP contribution < -0.4 is 0 Å². The van der Waals surface area contributed by atoms with E-state index in [9.17, 15) is 9.59 Å². The first-order valence-electron chi connectivity index (χ1n) is 7.83. The standard InChI is InChI=1S/C18H21N3O2/c1-19(2)18(23)16-9-6-12-21(16)17(22)14-7-5-8-15(13-14)20-10-3-4-11-20/h3-5,7-8,10-11,13,16H,6,9,12H2,1-2H3. The van der Waals surface area contributed by atoms with Gasteiger partial charge < -0.3 is 14.4 Å². The lowest BCUT2D eigenvalue weighted by atomic mass is 10.1. The number of benzene rings is 1. The molecule has 1 aromatic carbocycles. The van der Waals surface area contributed by atoms with Crippen LogP contribution in [0, 0.1) is 0 Å². The average Bonchev–Trinajstić information content (AvgIpc) is 3.24. The van der Waals surface area contributed by atoms with Crippen molar-refractivity contribution in [2.75, 3.05) is 20.6 Å². The van der Waals surface area contributed by atoms with Crippen LogP contribution in [0.3, 0.4) is 0 Å². The molecule has 1 saturated heterocycles. The zero-order valence-corrected chi connectivity index (χ0v) is 13.5. The van der Waals surface area contributed by atoms with Crippen LogP contribution in [0.15, 0.2) is 48.8 Å². The molecular weight excluding hydrogens is 290 g/mol. The van der Waals surface area contributed by atoms with E-state index in [1.54, 1.807) is 23.9 Å². The molecule has 1 aliphatic rings. The Morgan fingerprint density at radius 3 is 2.57 bits per heavy atom. The molecule has 1 unspecified atom stereocenters. The van der Waals surface area contributed by atoms with Gasteiger partial charge in [-0.3, -0.25) is 9.59 Å². The minimum atomic E-state index is -0.340. The van der Waals surface area contributed by atoms with Gasteiger partial charge in [0.05, 0.1) is 0 Å². The second-order valence-corrected chi connectivity index (χ2v) is 6.03. The number of aromatic nitrogens is 1. The van der Waals surface area contributed by atoms with Gasteiger partial charge in [-0.2, -0.15) is 0 Å². The molecule has 1 aliphatic heterocycles. The molecule has 5 heteroatoms. The minimum Gasteiger partial charge on any atom is -0.347 e. The van der Waals surface area contributed by atoms with E-state index in [4.69, 9.17) is 0 Å². The Morgan fingerprint density at radius 2 is 1.87 bits per heavy atom. The molecule has 5 nitrogen and oxygen atoms in total. The lowest BCUT2D eigenvalue weighted by Gasteiger charge is -2.26. The predicted molar refractivity (Wildman–Crippen MR) is 88.5 cm³/mol. The maximum absolute atomic E-state index is 12.9. The number of likely N-dealkylation sites (N-methyl/N-ethyl adjacent to an activating group) is 1. The highest BCUT2D eigenvalue weighted by Crippen LogP contribution is 2.22. The number of carbonyl (C=O) groups is 2. The van der Waals surface area contributed by atoms with Gasteiger partial charge in [-0.05, 0) is 43.2 Å². The van der Waals surface area contributed by atoms with E-state index in [0.29, 0.717) is 12.1 Å². The van der Waals surface area contributed by atoms with Crippen molar-refractivity contribution < 1.29 is 9.59 Å². The Hall–Kier alpha value is -2.56. The third kappa shape index (κ3) is 2.99. The van der Waals surface area contributed by atoms with E-state index in [1.807, 2.05) is 53.4 Å². The van der Waals surface area contributed by atoms with Gasteiger partial charge in [-0.1, -0.05) is 6.07 Å². The number of carbonyl (C=O) groups excluding carboxylic acids is 2. The van der Waals surface area contributed by atoms with Gasteiger partial charge in [0, 0.05) is 44.3 Å². The van der Waals surface area contributed by atoms with E-state index in [-0.39, 0.29) is 17.9 Å². The molecular formula is C18H21N3O2. The van der Waals surface area contributed by atoms with Crippen molar-refractivity contribution >= 4 is 11.8 Å². The second kappa shape index (κ2) is 6.28. The summed E-state index contributed by atoms with van der Waals surface area (Å²) in [6, 6.07) is 11.1. The summed E-state index contributed by atoms with van der Waals surface area (Å²) in [4.78, 5) is 28.4. The number of amides is 2. The third-order valence-corrected chi connectivity index (χ3v) is 4.24. The van der Waals surface area contributed by atoms with Crippen LogP contribution in [0.25, 0.3) is 5.69 Å². The van der Waals surface area contributed by atoms with Crippen molar-refractivity contribution in [1.82, 2.24) is 14.4 Å². The lowest BCUT2D eigenvalue weighted by Crippen LogP contribution is -2.45. The maximum Gasteiger partial charge on any atom is 0.254 e. The molecule has 120 valence electrons. The molecule has 23 heavy (non-hydrogen) atoms. The zero-order chi connectivity index (χ0) is 16.4. The van der Waals surface area contributed by atoms with E-state index in [2.05, 4.69) is 0 Å². The zero-order valence-electron chi connectivity index (χ0n) is 13.5. The first-order valence-corrected chi connectivity index (χ1v) is 7.83. The first-order chi connectivity index (χ1) is 11.1. The van der Waals surface area contributed by atoms with Crippen LogP contribution >= 0.6 is 0 Å². The van der Waals surface area contributed by atoms with Gasteiger partial charge in [-0.25, -0.2) is 0 Å². The van der Waals surface area contributed by atoms with E-state index in [1.165, 1.54) is 0 Å². The van der Waals surface area contributed by atoms with Crippen LogP contribution in [-0.2, 0) is 4.79 Å². The second-order valence-electron chi connectivity index (χ2n) is 6.03. The summed E-state index contributed by atoms with van der Waals surface area (Å²) >= 11 is 0. The molecule has 0 saturated carbocycles.